The van der Waals surface area contributed by atoms with E-state index in [0.29, 0.717) is 49.6 Å². The molecule has 0 atom stereocenters. The second-order valence-electron chi connectivity index (χ2n) is 6.44. The molecule has 0 unspecified atom stereocenters. The molecule has 31 heavy (non-hydrogen) atoms. The van der Waals surface area contributed by atoms with Crippen LogP contribution in [0, 0.1) is 0 Å². The molecule has 0 spiro atoms. The number of benzene rings is 3. The summed E-state index contributed by atoms with van der Waals surface area (Å²) in [6.07, 6.45) is 0. The highest BCUT2D eigenvalue weighted by Gasteiger charge is 2.14. The molecule has 4 aromatic rings. The van der Waals surface area contributed by atoms with Gasteiger partial charge in [-0.05, 0) is 66.8 Å². The number of methoxy groups -OCH3 is 1. The summed E-state index contributed by atoms with van der Waals surface area (Å²) >= 11 is 17.6. The number of carbonyl (C=O) groups excluding carboxylic acids is 1. The van der Waals surface area contributed by atoms with Crippen LogP contribution in [0.25, 0.3) is 22.6 Å². The molecule has 9 heteroatoms. The molecular formula is C22H15Cl2N3O3S. The predicted molar refractivity (Wildman–Crippen MR) is 126 cm³/mol. The van der Waals surface area contributed by atoms with Crippen LogP contribution < -0.4 is 15.4 Å². The van der Waals surface area contributed by atoms with Crippen molar-refractivity contribution in [3.8, 4) is 17.2 Å². The first-order valence-corrected chi connectivity index (χ1v) is 10.2. The van der Waals surface area contributed by atoms with E-state index < -0.39 is 0 Å². The molecule has 0 radical (unpaired) electrons. The molecule has 1 amide bonds. The standard InChI is InChI=1S/C22H15Cl2N3O3S/c1-29-14-8-5-12(6-9-14)20(28)27-22(31)25-13-7-10-18-17(11-13)26-21(30-18)15-3-2-4-16(23)19(15)24/h2-11H,1H3,(H2,25,27,28,31). The Bertz CT molecular complexity index is 1290. The number of carbonyl (C=O) groups is 1. The van der Waals surface area contributed by atoms with E-state index in [1.165, 1.54) is 0 Å². The van der Waals surface area contributed by atoms with Crippen molar-refractivity contribution in [2.24, 2.45) is 0 Å². The van der Waals surface area contributed by atoms with E-state index in [0.717, 1.165) is 0 Å². The van der Waals surface area contributed by atoms with Gasteiger partial charge in [-0.15, -0.1) is 0 Å². The van der Waals surface area contributed by atoms with Gasteiger partial charge in [0.05, 0.1) is 22.7 Å². The minimum absolute atomic E-state index is 0.154. The van der Waals surface area contributed by atoms with Crippen LogP contribution in [0.1, 0.15) is 10.4 Å². The van der Waals surface area contributed by atoms with E-state index in [2.05, 4.69) is 15.6 Å². The van der Waals surface area contributed by atoms with Gasteiger partial charge >= 0.3 is 0 Å². The molecule has 0 aliphatic rings. The quantitative estimate of drug-likeness (QED) is 0.358. The van der Waals surface area contributed by atoms with Crippen LogP contribution in [0.15, 0.2) is 65.1 Å². The Balaban J connectivity index is 1.48. The van der Waals surface area contributed by atoms with Crippen molar-refractivity contribution in [2.45, 2.75) is 0 Å². The largest absolute Gasteiger partial charge is 0.497 e. The topological polar surface area (TPSA) is 76.4 Å². The molecular weight excluding hydrogens is 457 g/mol. The minimum Gasteiger partial charge on any atom is -0.497 e. The van der Waals surface area contributed by atoms with Crippen molar-refractivity contribution >= 4 is 63.2 Å². The summed E-state index contributed by atoms with van der Waals surface area (Å²) < 4.78 is 10.9. The number of nitrogens with one attached hydrogen (secondary N) is 2. The molecule has 0 aliphatic heterocycles. The first-order valence-electron chi connectivity index (χ1n) is 9.06. The smallest absolute Gasteiger partial charge is 0.257 e. The van der Waals surface area contributed by atoms with Gasteiger partial charge in [-0.25, -0.2) is 4.98 Å². The van der Waals surface area contributed by atoms with Gasteiger partial charge in [0.15, 0.2) is 10.7 Å². The third-order valence-corrected chi connectivity index (χ3v) is 5.43. The van der Waals surface area contributed by atoms with Crippen LogP contribution in [-0.2, 0) is 0 Å². The number of anilines is 1. The Kier molecular flexibility index (Phi) is 6.08. The number of rotatable bonds is 4. The number of ether oxygens (including phenoxy) is 1. The Morgan fingerprint density at radius 1 is 1.10 bits per heavy atom. The van der Waals surface area contributed by atoms with E-state index in [4.69, 9.17) is 44.6 Å². The minimum atomic E-state index is -0.333. The lowest BCUT2D eigenvalue weighted by Gasteiger charge is -2.09. The molecule has 0 saturated heterocycles. The molecule has 0 fully saturated rings. The molecule has 0 aliphatic carbocycles. The molecule has 156 valence electrons. The van der Waals surface area contributed by atoms with Gasteiger partial charge in [0.2, 0.25) is 5.89 Å². The average Bonchev–Trinajstić information content (AvgIpc) is 3.18. The monoisotopic (exact) mass is 471 g/mol. The van der Waals surface area contributed by atoms with Crippen LogP contribution in [0.3, 0.4) is 0 Å². The molecule has 0 bridgehead atoms. The summed E-state index contributed by atoms with van der Waals surface area (Å²) in [5.74, 6) is 0.687. The number of amides is 1. The maximum Gasteiger partial charge on any atom is 0.257 e. The Labute approximate surface area is 193 Å². The zero-order chi connectivity index (χ0) is 22.0. The van der Waals surface area contributed by atoms with Crippen LogP contribution in [-0.4, -0.2) is 23.1 Å². The lowest BCUT2D eigenvalue weighted by atomic mass is 10.2. The second-order valence-corrected chi connectivity index (χ2v) is 7.63. The van der Waals surface area contributed by atoms with Crippen molar-refractivity contribution in [3.63, 3.8) is 0 Å². The van der Waals surface area contributed by atoms with E-state index in [-0.39, 0.29) is 11.0 Å². The van der Waals surface area contributed by atoms with Crippen molar-refractivity contribution in [1.29, 1.82) is 0 Å². The molecule has 4 rings (SSSR count). The number of nitrogens with zero attached hydrogens (tertiary/aromatic N) is 1. The molecule has 1 heterocycles. The maximum absolute atomic E-state index is 12.3. The zero-order valence-electron chi connectivity index (χ0n) is 16.1. The van der Waals surface area contributed by atoms with Crippen molar-refractivity contribution in [2.75, 3.05) is 12.4 Å². The number of aromatic nitrogens is 1. The third kappa shape index (κ3) is 4.64. The van der Waals surface area contributed by atoms with E-state index >= 15 is 0 Å². The molecule has 0 saturated carbocycles. The molecule has 2 N–H and O–H groups in total. The Hall–Kier alpha value is -3.13. The average molecular weight is 472 g/mol. The molecule has 6 nitrogen and oxygen atoms in total. The number of halogens is 2. The van der Waals surface area contributed by atoms with Gasteiger partial charge < -0.3 is 14.5 Å². The van der Waals surface area contributed by atoms with Crippen molar-refractivity contribution < 1.29 is 13.9 Å². The Morgan fingerprint density at radius 2 is 1.87 bits per heavy atom. The van der Waals surface area contributed by atoms with Gasteiger partial charge in [0.25, 0.3) is 5.91 Å². The first-order chi connectivity index (χ1) is 14.9. The number of hydrogen-bond donors (Lipinski definition) is 2. The fourth-order valence-electron chi connectivity index (χ4n) is 2.87. The molecule has 1 aromatic heterocycles. The van der Waals surface area contributed by atoms with E-state index in [1.807, 2.05) is 0 Å². The number of oxazole rings is 1. The molecule has 3 aromatic carbocycles. The van der Waals surface area contributed by atoms with Crippen molar-refractivity contribution in [3.05, 3.63) is 76.3 Å². The van der Waals surface area contributed by atoms with Gasteiger partial charge in [0.1, 0.15) is 11.3 Å². The lowest BCUT2D eigenvalue weighted by Crippen LogP contribution is -2.34. The summed E-state index contributed by atoms with van der Waals surface area (Å²) in [6.45, 7) is 0. The first kappa shape index (κ1) is 21.1. The second kappa shape index (κ2) is 8.93. The summed E-state index contributed by atoms with van der Waals surface area (Å²) in [4.78, 5) is 16.8. The fourth-order valence-corrected chi connectivity index (χ4v) is 3.46. The van der Waals surface area contributed by atoms with Crippen LogP contribution >= 0.6 is 35.4 Å². The summed E-state index contributed by atoms with van der Waals surface area (Å²) in [6, 6.07) is 17.2. The Morgan fingerprint density at radius 3 is 2.61 bits per heavy atom. The highest BCUT2D eigenvalue weighted by atomic mass is 35.5. The van der Waals surface area contributed by atoms with Gasteiger partial charge in [0, 0.05) is 11.3 Å². The fraction of sp³-hybridized carbons (Fsp3) is 0.0455. The lowest BCUT2D eigenvalue weighted by molar-refractivity contribution is 0.0977. The maximum atomic E-state index is 12.3. The van der Waals surface area contributed by atoms with Gasteiger partial charge in [-0.3, -0.25) is 10.1 Å². The highest BCUT2D eigenvalue weighted by molar-refractivity contribution is 7.80. The normalized spacial score (nSPS) is 10.7. The van der Waals surface area contributed by atoms with Gasteiger partial charge in [-0.1, -0.05) is 29.3 Å². The van der Waals surface area contributed by atoms with Crippen LogP contribution in [0.5, 0.6) is 5.75 Å². The summed E-state index contributed by atoms with van der Waals surface area (Å²) in [5.41, 5.74) is 2.87. The number of fused-ring (bicyclic) bond motifs is 1. The van der Waals surface area contributed by atoms with Gasteiger partial charge in [-0.2, -0.15) is 0 Å². The summed E-state index contributed by atoms with van der Waals surface area (Å²) in [5, 5.41) is 6.56. The van der Waals surface area contributed by atoms with Crippen LogP contribution in [0.4, 0.5) is 5.69 Å². The SMILES string of the molecule is COc1ccc(C(=O)NC(=S)Nc2ccc3oc(-c4cccc(Cl)c4Cl)nc3c2)cc1. The van der Waals surface area contributed by atoms with Crippen molar-refractivity contribution in [1.82, 2.24) is 10.3 Å². The number of thiocarbonyl (C=S) groups is 1. The van der Waals surface area contributed by atoms with E-state index in [1.54, 1.807) is 67.8 Å². The van der Waals surface area contributed by atoms with E-state index in [9.17, 15) is 4.79 Å². The summed E-state index contributed by atoms with van der Waals surface area (Å²) in [7, 11) is 1.56. The number of hydrogen-bond acceptors (Lipinski definition) is 5. The zero-order valence-corrected chi connectivity index (χ0v) is 18.4. The van der Waals surface area contributed by atoms with Crippen LogP contribution in [0.2, 0.25) is 10.0 Å². The predicted octanol–water partition coefficient (Wildman–Crippen LogP) is 5.94. The highest BCUT2D eigenvalue weighted by Crippen LogP contribution is 2.34. The third-order valence-electron chi connectivity index (χ3n) is 4.41.